The van der Waals surface area contributed by atoms with E-state index in [1.807, 2.05) is 31.3 Å². The van der Waals surface area contributed by atoms with Gasteiger partial charge in [0.25, 0.3) is 0 Å². The van der Waals surface area contributed by atoms with Gasteiger partial charge < -0.3 is 15.5 Å². The highest BCUT2D eigenvalue weighted by atomic mass is 15.2. The third-order valence-electron chi connectivity index (χ3n) is 5.91. The average Bonchev–Trinajstić information content (AvgIpc) is 2.73. The lowest BCUT2D eigenvalue weighted by atomic mass is 9.88. The molecule has 2 N–H and O–H groups in total. The molecule has 1 aromatic carbocycles. The minimum Gasteiger partial charge on any atom is -0.354 e. The maximum absolute atomic E-state index is 9.02. The van der Waals surface area contributed by atoms with Gasteiger partial charge in [0.15, 0.2) is 5.96 Å². The molecule has 1 aliphatic heterocycles. The van der Waals surface area contributed by atoms with Gasteiger partial charge >= 0.3 is 0 Å². The molecule has 27 heavy (non-hydrogen) atoms. The zero-order chi connectivity index (χ0) is 18.9. The van der Waals surface area contributed by atoms with Crippen LogP contribution < -0.4 is 10.6 Å². The Hall–Kier alpha value is -2.06. The van der Waals surface area contributed by atoms with Gasteiger partial charge in [-0.2, -0.15) is 5.26 Å². The van der Waals surface area contributed by atoms with Gasteiger partial charge in [0.1, 0.15) is 0 Å². The predicted molar refractivity (Wildman–Crippen MR) is 111 cm³/mol. The lowest BCUT2D eigenvalue weighted by Crippen LogP contribution is -2.49. The van der Waals surface area contributed by atoms with E-state index in [0.29, 0.717) is 18.2 Å². The quantitative estimate of drug-likeness (QED) is 0.619. The topological polar surface area (TPSA) is 63.5 Å². The number of hydrogen-bond acceptors (Lipinski definition) is 3. The first-order valence-corrected chi connectivity index (χ1v) is 10.5. The van der Waals surface area contributed by atoms with Crippen molar-refractivity contribution in [2.45, 2.75) is 57.5 Å². The second-order valence-electron chi connectivity index (χ2n) is 7.96. The number of nitrogens with zero attached hydrogens (tertiary/aromatic N) is 3. The number of guanidine groups is 1. The molecule has 0 spiro atoms. The highest BCUT2D eigenvalue weighted by molar-refractivity contribution is 5.79. The van der Waals surface area contributed by atoms with Crippen LogP contribution in [0.3, 0.4) is 0 Å². The molecule has 5 heteroatoms. The largest absolute Gasteiger partial charge is 0.354 e. The zero-order valence-corrected chi connectivity index (χ0v) is 16.6. The number of nitrogens with one attached hydrogen (secondary N) is 2. The molecule has 1 aromatic rings. The van der Waals surface area contributed by atoms with E-state index in [1.54, 1.807) is 0 Å². The van der Waals surface area contributed by atoms with Crippen LogP contribution in [0.4, 0.5) is 0 Å². The number of likely N-dealkylation sites (tertiary alicyclic amines) is 1. The van der Waals surface area contributed by atoms with E-state index in [0.717, 1.165) is 17.4 Å². The highest BCUT2D eigenvalue weighted by Gasteiger charge is 2.23. The molecule has 5 nitrogen and oxygen atoms in total. The number of nitriles is 1. The summed E-state index contributed by atoms with van der Waals surface area (Å²) < 4.78 is 0. The van der Waals surface area contributed by atoms with Crippen molar-refractivity contribution in [3.05, 3.63) is 35.4 Å². The van der Waals surface area contributed by atoms with Gasteiger partial charge in [0.2, 0.25) is 0 Å². The van der Waals surface area contributed by atoms with E-state index in [2.05, 4.69) is 26.6 Å². The highest BCUT2D eigenvalue weighted by Crippen LogP contribution is 2.25. The standard InChI is InChI=1S/C22H33N5/c1-24-22(25-16-20-9-5-8-19(14-20)15-23)26-21-10-12-27(13-11-21)17-18-6-3-2-4-7-18/h5,8-9,14,18,21H,2-4,6-7,10-13,16-17H2,1H3,(H2,24,25,26). The molecule has 3 rings (SSSR count). The van der Waals surface area contributed by atoms with Crippen LogP contribution >= 0.6 is 0 Å². The summed E-state index contributed by atoms with van der Waals surface area (Å²) in [6.07, 6.45) is 9.53. The fraction of sp³-hybridized carbons (Fsp3) is 0.636. The summed E-state index contributed by atoms with van der Waals surface area (Å²) in [5.74, 6) is 1.78. The van der Waals surface area contributed by atoms with Crippen LogP contribution in [-0.4, -0.2) is 43.6 Å². The lowest BCUT2D eigenvalue weighted by Gasteiger charge is -2.36. The summed E-state index contributed by atoms with van der Waals surface area (Å²) in [5.41, 5.74) is 1.79. The van der Waals surface area contributed by atoms with Crippen LogP contribution in [0.2, 0.25) is 0 Å². The van der Waals surface area contributed by atoms with Gasteiger partial charge in [0.05, 0.1) is 11.6 Å². The lowest BCUT2D eigenvalue weighted by molar-refractivity contribution is 0.160. The Morgan fingerprint density at radius 1 is 1.19 bits per heavy atom. The summed E-state index contributed by atoms with van der Waals surface area (Å²) in [6.45, 7) is 4.36. The first kappa shape index (κ1) is 19.7. The summed E-state index contributed by atoms with van der Waals surface area (Å²) in [6, 6.07) is 10.4. The van der Waals surface area contributed by atoms with Gasteiger partial charge in [-0.15, -0.1) is 0 Å². The van der Waals surface area contributed by atoms with Crippen LogP contribution in [0, 0.1) is 17.2 Å². The van der Waals surface area contributed by atoms with Crippen LogP contribution in [0.5, 0.6) is 0 Å². The van der Waals surface area contributed by atoms with Crippen molar-refractivity contribution in [3.63, 3.8) is 0 Å². The molecule has 146 valence electrons. The van der Waals surface area contributed by atoms with Crippen LogP contribution in [0.25, 0.3) is 0 Å². The van der Waals surface area contributed by atoms with E-state index < -0.39 is 0 Å². The van der Waals surface area contributed by atoms with Gasteiger partial charge in [-0.25, -0.2) is 0 Å². The molecular weight excluding hydrogens is 334 g/mol. The van der Waals surface area contributed by atoms with Crippen molar-refractivity contribution in [1.29, 1.82) is 5.26 Å². The SMILES string of the molecule is CN=C(NCc1cccc(C#N)c1)NC1CCN(CC2CCCCC2)CC1. The van der Waals surface area contributed by atoms with E-state index in [9.17, 15) is 0 Å². The minimum atomic E-state index is 0.490. The monoisotopic (exact) mass is 367 g/mol. The van der Waals surface area contributed by atoms with E-state index >= 15 is 0 Å². The molecule has 1 heterocycles. The smallest absolute Gasteiger partial charge is 0.191 e. The second-order valence-corrected chi connectivity index (χ2v) is 7.96. The fourth-order valence-corrected chi connectivity index (χ4v) is 4.32. The third-order valence-corrected chi connectivity index (χ3v) is 5.91. The molecule has 1 aliphatic carbocycles. The molecule has 0 radical (unpaired) electrons. The molecule has 1 saturated heterocycles. The Kier molecular flexibility index (Phi) is 7.53. The Morgan fingerprint density at radius 2 is 1.96 bits per heavy atom. The van der Waals surface area contributed by atoms with Gasteiger partial charge in [-0.05, 0) is 49.3 Å². The zero-order valence-electron chi connectivity index (χ0n) is 16.6. The van der Waals surface area contributed by atoms with E-state index in [-0.39, 0.29) is 0 Å². The number of piperidine rings is 1. The van der Waals surface area contributed by atoms with Crippen molar-refractivity contribution < 1.29 is 0 Å². The summed E-state index contributed by atoms with van der Waals surface area (Å²) >= 11 is 0. The minimum absolute atomic E-state index is 0.490. The normalized spacial score (nSPS) is 20.2. The van der Waals surface area contributed by atoms with Crippen molar-refractivity contribution in [2.75, 3.05) is 26.7 Å². The van der Waals surface area contributed by atoms with Crippen LogP contribution in [-0.2, 0) is 6.54 Å². The predicted octanol–water partition coefficient (Wildman–Crippen LogP) is 3.27. The molecular formula is C22H33N5. The van der Waals surface area contributed by atoms with E-state index in [4.69, 9.17) is 5.26 Å². The van der Waals surface area contributed by atoms with E-state index in [1.165, 1.54) is 64.6 Å². The Bertz CT molecular complexity index is 649. The molecule has 0 atom stereocenters. The van der Waals surface area contributed by atoms with Gasteiger partial charge in [0, 0.05) is 39.3 Å². The van der Waals surface area contributed by atoms with Crippen molar-refractivity contribution in [1.82, 2.24) is 15.5 Å². The number of hydrogen-bond donors (Lipinski definition) is 2. The molecule has 0 unspecified atom stereocenters. The van der Waals surface area contributed by atoms with Crippen LogP contribution in [0.1, 0.15) is 56.1 Å². The molecule has 0 aromatic heterocycles. The number of aliphatic imine (C=N–C) groups is 1. The fourth-order valence-electron chi connectivity index (χ4n) is 4.32. The summed E-state index contributed by atoms with van der Waals surface area (Å²) in [4.78, 5) is 7.03. The number of benzene rings is 1. The number of rotatable bonds is 5. The third kappa shape index (κ3) is 6.25. The maximum Gasteiger partial charge on any atom is 0.191 e. The van der Waals surface area contributed by atoms with Crippen LogP contribution in [0.15, 0.2) is 29.3 Å². The van der Waals surface area contributed by atoms with Gasteiger partial charge in [-0.3, -0.25) is 4.99 Å². The molecule has 1 saturated carbocycles. The van der Waals surface area contributed by atoms with Crippen molar-refractivity contribution in [3.8, 4) is 6.07 Å². The van der Waals surface area contributed by atoms with Crippen molar-refractivity contribution in [2.24, 2.45) is 10.9 Å². The summed E-state index contributed by atoms with van der Waals surface area (Å²) in [7, 11) is 1.82. The first-order chi connectivity index (χ1) is 13.3. The Balaban J connectivity index is 1.39. The van der Waals surface area contributed by atoms with Crippen molar-refractivity contribution >= 4 is 5.96 Å². The Morgan fingerprint density at radius 3 is 2.67 bits per heavy atom. The average molecular weight is 368 g/mol. The second kappa shape index (κ2) is 10.3. The molecule has 0 bridgehead atoms. The Labute approximate surface area is 163 Å². The first-order valence-electron chi connectivity index (χ1n) is 10.5. The molecule has 2 aliphatic rings. The molecule has 0 amide bonds. The molecule has 2 fully saturated rings. The summed E-state index contributed by atoms with van der Waals surface area (Å²) in [5, 5.41) is 16.0. The maximum atomic E-state index is 9.02. The van der Waals surface area contributed by atoms with Gasteiger partial charge in [-0.1, -0.05) is 31.4 Å².